The standard InChI is InChI=1S/C20H18F3N5O5S3/c21-20(22,23)8-9-35(29,30)17(18-28-27-16(33-18)11-25-36(24,31)32)19-26-14-7-6-13(10-15(14)34-19)12-4-2-1-3-5-12/h1-7,10,17,25H,8-9,11H2,(H2,24,31,32). The van der Waals surface area contributed by atoms with Crippen molar-refractivity contribution in [3.63, 3.8) is 0 Å². The van der Waals surface area contributed by atoms with Gasteiger partial charge in [-0.3, -0.25) is 0 Å². The van der Waals surface area contributed by atoms with E-state index < -0.39 is 56.1 Å². The molecule has 0 aliphatic carbocycles. The minimum absolute atomic E-state index is 0.0630. The predicted molar refractivity (Wildman–Crippen MR) is 126 cm³/mol. The summed E-state index contributed by atoms with van der Waals surface area (Å²) >= 11 is 0.965. The van der Waals surface area contributed by atoms with E-state index in [1.807, 2.05) is 35.1 Å². The number of sulfone groups is 1. The second kappa shape index (κ2) is 9.85. The molecule has 1 unspecified atom stereocenters. The van der Waals surface area contributed by atoms with Gasteiger partial charge in [0.2, 0.25) is 11.8 Å². The van der Waals surface area contributed by atoms with E-state index in [0.717, 1.165) is 22.5 Å². The van der Waals surface area contributed by atoms with Crippen LogP contribution < -0.4 is 9.86 Å². The van der Waals surface area contributed by atoms with Crippen molar-refractivity contribution in [3.05, 3.63) is 65.3 Å². The molecular weight excluding hydrogens is 543 g/mol. The van der Waals surface area contributed by atoms with E-state index in [-0.39, 0.29) is 10.9 Å². The van der Waals surface area contributed by atoms with Crippen molar-refractivity contribution in [3.8, 4) is 11.1 Å². The van der Waals surface area contributed by atoms with Crippen LogP contribution in [0.4, 0.5) is 13.2 Å². The molecule has 0 radical (unpaired) electrons. The Morgan fingerprint density at radius 1 is 1.03 bits per heavy atom. The monoisotopic (exact) mass is 561 g/mol. The molecule has 0 saturated carbocycles. The quantitative estimate of drug-likeness (QED) is 0.315. The normalized spacial score (nSPS) is 13.8. The third-order valence-electron chi connectivity index (χ3n) is 4.90. The summed E-state index contributed by atoms with van der Waals surface area (Å²) in [5.74, 6) is -2.10. The summed E-state index contributed by atoms with van der Waals surface area (Å²) in [6.07, 6.45) is -6.29. The molecule has 1 atom stereocenters. The summed E-state index contributed by atoms with van der Waals surface area (Å²) in [6, 6.07) is 14.6. The lowest BCUT2D eigenvalue weighted by molar-refractivity contribution is -0.129. The molecule has 0 aliphatic rings. The van der Waals surface area contributed by atoms with E-state index in [0.29, 0.717) is 10.2 Å². The van der Waals surface area contributed by atoms with Crippen LogP contribution in [0.15, 0.2) is 52.9 Å². The number of aromatic nitrogens is 3. The lowest BCUT2D eigenvalue weighted by Gasteiger charge is -2.13. The molecule has 36 heavy (non-hydrogen) atoms. The Morgan fingerprint density at radius 2 is 1.75 bits per heavy atom. The maximum atomic E-state index is 13.1. The van der Waals surface area contributed by atoms with Gasteiger partial charge in [-0.05, 0) is 23.3 Å². The number of nitrogens with one attached hydrogen (secondary N) is 1. The Bertz CT molecular complexity index is 1590. The first-order valence-corrected chi connectivity index (χ1v) is 14.2. The smallest absolute Gasteiger partial charge is 0.390 e. The van der Waals surface area contributed by atoms with E-state index in [9.17, 15) is 30.0 Å². The van der Waals surface area contributed by atoms with Crippen LogP contribution in [0.2, 0.25) is 0 Å². The average Bonchev–Trinajstić information content (AvgIpc) is 3.42. The van der Waals surface area contributed by atoms with Crippen LogP contribution in [-0.4, -0.2) is 43.9 Å². The Balaban J connectivity index is 1.75. The van der Waals surface area contributed by atoms with Gasteiger partial charge in [-0.25, -0.2) is 18.5 Å². The van der Waals surface area contributed by atoms with E-state index in [2.05, 4.69) is 15.2 Å². The van der Waals surface area contributed by atoms with E-state index in [4.69, 9.17) is 9.56 Å². The van der Waals surface area contributed by atoms with Crippen molar-refractivity contribution < 1.29 is 34.4 Å². The van der Waals surface area contributed by atoms with Crippen molar-refractivity contribution in [2.45, 2.75) is 24.4 Å². The van der Waals surface area contributed by atoms with E-state index in [1.165, 1.54) is 0 Å². The first-order chi connectivity index (χ1) is 16.8. The maximum Gasteiger partial charge on any atom is 0.390 e. The van der Waals surface area contributed by atoms with Crippen LogP contribution in [-0.2, 0) is 26.6 Å². The number of hydrogen-bond donors (Lipinski definition) is 2. The van der Waals surface area contributed by atoms with Gasteiger partial charge >= 0.3 is 6.18 Å². The summed E-state index contributed by atoms with van der Waals surface area (Å²) < 4.78 is 94.7. The maximum absolute atomic E-state index is 13.1. The number of nitrogens with zero attached hydrogens (tertiary/aromatic N) is 3. The minimum Gasteiger partial charge on any atom is -0.422 e. The second-order valence-corrected chi connectivity index (χ2v) is 12.3. The van der Waals surface area contributed by atoms with Crippen molar-refractivity contribution in [2.75, 3.05) is 5.75 Å². The molecule has 0 bridgehead atoms. The van der Waals surface area contributed by atoms with Gasteiger partial charge in [0, 0.05) is 0 Å². The number of fused-ring (bicyclic) bond motifs is 1. The molecule has 0 amide bonds. The Kier molecular flexibility index (Phi) is 7.16. The topological polar surface area (TPSA) is 158 Å². The predicted octanol–water partition coefficient (Wildman–Crippen LogP) is 3.10. The molecule has 2 heterocycles. The third kappa shape index (κ3) is 6.44. The first kappa shape index (κ1) is 26.2. The summed E-state index contributed by atoms with van der Waals surface area (Å²) in [5, 5.41) is 10.2. The average molecular weight is 562 g/mol. The molecule has 192 valence electrons. The SMILES string of the molecule is NS(=O)(=O)NCc1nnc(C(c2nc3ccc(-c4ccccc4)cc3s2)S(=O)(=O)CCC(F)(F)F)o1. The van der Waals surface area contributed by atoms with Gasteiger partial charge in [-0.1, -0.05) is 36.4 Å². The van der Waals surface area contributed by atoms with Gasteiger partial charge < -0.3 is 4.42 Å². The van der Waals surface area contributed by atoms with Crippen LogP contribution in [0.1, 0.15) is 28.5 Å². The highest BCUT2D eigenvalue weighted by molar-refractivity contribution is 7.92. The van der Waals surface area contributed by atoms with Crippen molar-refractivity contribution in [1.82, 2.24) is 19.9 Å². The number of alkyl halides is 3. The number of rotatable bonds is 9. The van der Waals surface area contributed by atoms with Crippen LogP contribution in [0.3, 0.4) is 0 Å². The van der Waals surface area contributed by atoms with Gasteiger partial charge in [0.1, 0.15) is 5.01 Å². The Morgan fingerprint density at radius 3 is 2.42 bits per heavy atom. The molecule has 2 aromatic carbocycles. The molecule has 4 rings (SSSR count). The highest BCUT2D eigenvalue weighted by Gasteiger charge is 2.40. The summed E-state index contributed by atoms with van der Waals surface area (Å²) in [5.41, 5.74) is 2.18. The number of hydrogen-bond acceptors (Lipinski definition) is 9. The molecule has 16 heteroatoms. The zero-order valence-corrected chi connectivity index (χ0v) is 20.6. The first-order valence-electron chi connectivity index (χ1n) is 10.1. The molecule has 2 aromatic heterocycles. The van der Waals surface area contributed by atoms with Crippen molar-refractivity contribution in [1.29, 1.82) is 0 Å². The van der Waals surface area contributed by atoms with Gasteiger partial charge in [-0.15, -0.1) is 21.5 Å². The highest BCUT2D eigenvalue weighted by atomic mass is 32.2. The Labute approximate surface area is 207 Å². The summed E-state index contributed by atoms with van der Waals surface area (Å²) in [6.45, 7) is -0.540. The van der Waals surface area contributed by atoms with Gasteiger partial charge in [0.05, 0.1) is 28.9 Å². The van der Waals surface area contributed by atoms with Crippen LogP contribution in [0, 0.1) is 0 Å². The third-order valence-corrected chi connectivity index (χ3v) is 8.59. The van der Waals surface area contributed by atoms with Gasteiger partial charge in [0.15, 0.2) is 15.1 Å². The number of halogens is 3. The van der Waals surface area contributed by atoms with E-state index in [1.54, 1.807) is 18.2 Å². The lowest BCUT2D eigenvalue weighted by atomic mass is 10.1. The Hall–Kier alpha value is -2.92. The summed E-state index contributed by atoms with van der Waals surface area (Å²) in [4.78, 5) is 4.33. The number of benzene rings is 2. The fraction of sp³-hybridized carbons (Fsp3) is 0.250. The molecule has 4 aromatic rings. The fourth-order valence-electron chi connectivity index (χ4n) is 3.26. The number of thiazole rings is 1. The van der Waals surface area contributed by atoms with Crippen LogP contribution in [0.5, 0.6) is 0 Å². The zero-order valence-electron chi connectivity index (χ0n) is 18.1. The highest BCUT2D eigenvalue weighted by Crippen LogP contribution is 2.38. The van der Waals surface area contributed by atoms with Crippen LogP contribution in [0.25, 0.3) is 21.3 Å². The molecule has 3 N–H and O–H groups in total. The molecular formula is C20H18F3N5O5S3. The largest absolute Gasteiger partial charge is 0.422 e. The van der Waals surface area contributed by atoms with Crippen LogP contribution >= 0.6 is 11.3 Å². The minimum atomic E-state index is -4.71. The summed E-state index contributed by atoms with van der Waals surface area (Å²) in [7, 11) is -8.65. The van der Waals surface area contributed by atoms with Crippen molar-refractivity contribution in [2.24, 2.45) is 5.14 Å². The lowest BCUT2D eigenvalue weighted by Crippen LogP contribution is -2.30. The molecule has 10 nitrogen and oxygen atoms in total. The second-order valence-electron chi connectivity index (χ2n) is 7.61. The fourth-order valence-corrected chi connectivity index (χ4v) is 6.66. The molecule has 0 fully saturated rings. The van der Waals surface area contributed by atoms with Crippen molar-refractivity contribution >= 4 is 41.6 Å². The van der Waals surface area contributed by atoms with Gasteiger partial charge in [-0.2, -0.15) is 26.3 Å². The van der Waals surface area contributed by atoms with E-state index >= 15 is 0 Å². The molecule has 0 saturated heterocycles. The molecule has 0 aliphatic heterocycles. The zero-order chi connectivity index (χ0) is 26.1. The molecule has 0 spiro atoms. The van der Waals surface area contributed by atoms with Gasteiger partial charge in [0.25, 0.3) is 10.2 Å². The number of nitrogens with two attached hydrogens (primary N) is 1.